The molecule has 190 valence electrons. The Bertz CT molecular complexity index is 316. The monoisotopic (exact) mass is 456 g/mol. The van der Waals surface area contributed by atoms with E-state index in [1.54, 1.807) is 31.1 Å². The average molecular weight is 457 g/mol. The molecule has 0 aliphatic rings. The topological polar surface area (TPSA) is 0 Å². The Morgan fingerprint density at radius 1 is 0.258 bits per heavy atom. The Morgan fingerprint density at radius 3 is 0.871 bits per heavy atom. The first-order chi connectivity index (χ1) is 15.2. The minimum absolute atomic E-state index is 0.946. The molecule has 0 saturated heterocycles. The second-order valence-corrected chi connectivity index (χ2v) is 15.9. The normalized spacial score (nSPS) is 12.5. The second kappa shape index (κ2) is 25.1. The summed E-state index contributed by atoms with van der Waals surface area (Å²) in [5, 5.41) is 0. The van der Waals surface area contributed by atoms with Crippen molar-refractivity contribution in [2.24, 2.45) is 0 Å². The van der Waals surface area contributed by atoms with Crippen molar-refractivity contribution >= 4 is 7.26 Å². The van der Waals surface area contributed by atoms with Crippen molar-refractivity contribution in [2.75, 3.05) is 24.6 Å². The van der Waals surface area contributed by atoms with Gasteiger partial charge in [-0.25, -0.2) is 0 Å². The van der Waals surface area contributed by atoms with Crippen LogP contribution in [0, 0.1) is 0 Å². The van der Waals surface area contributed by atoms with Crippen LogP contribution in [-0.4, -0.2) is 24.6 Å². The molecule has 0 aromatic heterocycles. The first-order valence-corrected chi connectivity index (χ1v) is 18.1. The van der Waals surface area contributed by atoms with E-state index in [-0.39, 0.29) is 0 Å². The first kappa shape index (κ1) is 31.4. The maximum absolute atomic E-state index is 2.44. The molecule has 0 rings (SSSR count). The van der Waals surface area contributed by atoms with Crippen LogP contribution >= 0.6 is 7.26 Å². The Kier molecular flexibility index (Phi) is 25.4. The van der Waals surface area contributed by atoms with Crippen molar-refractivity contribution in [1.82, 2.24) is 0 Å². The molecule has 0 aliphatic carbocycles. The van der Waals surface area contributed by atoms with Gasteiger partial charge in [-0.05, 0) is 0 Å². The Morgan fingerprint density at radius 2 is 0.548 bits per heavy atom. The molecule has 0 aromatic rings. The molecule has 0 aliphatic heterocycles. The van der Waals surface area contributed by atoms with Gasteiger partial charge in [0.15, 0.2) is 0 Å². The Labute approximate surface area is 200 Å². The van der Waals surface area contributed by atoms with E-state index in [2.05, 4.69) is 27.7 Å². The third-order valence-electron chi connectivity index (χ3n) is 7.71. The van der Waals surface area contributed by atoms with Crippen LogP contribution < -0.4 is 0 Å². The molecule has 0 heterocycles. The quantitative estimate of drug-likeness (QED) is 0.0896. The number of hydrogen-bond acceptors (Lipinski definition) is 0. The van der Waals surface area contributed by atoms with Gasteiger partial charge in [0.1, 0.15) is 0 Å². The molecule has 0 N–H and O–H groups in total. The predicted molar refractivity (Wildman–Crippen MR) is 152 cm³/mol. The third kappa shape index (κ3) is 20.7. The number of rotatable bonds is 26. The van der Waals surface area contributed by atoms with E-state index in [0.717, 1.165) is 0 Å². The van der Waals surface area contributed by atoms with Crippen LogP contribution in [0.4, 0.5) is 0 Å². The zero-order chi connectivity index (χ0) is 22.9. The van der Waals surface area contributed by atoms with E-state index >= 15 is 0 Å². The molecule has 0 amide bonds. The van der Waals surface area contributed by atoms with E-state index in [4.69, 9.17) is 0 Å². The third-order valence-corrected chi connectivity index (χ3v) is 13.5. The van der Waals surface area contributed by atoms with E-state index in [9.17, 15) is 0 Å². The fourth-order valence-electron chi connectivity index (χ4n) is 5.61. The molecule has 0 radical (unpaired) electrons. The fourth-order valence-corrected chi connectivity index (χ4v) is 11.4. The van der Waals surface area contributed by atoms with Crippen molar-refractivity contribution in [3.05, 3.63) is 0 Å². The van der Waals surface area contributed by atoms with Crippen LogP contribution in [0.5, 0.6) is 0 Å². The predicted octanol–water partition coefficient (Wildman–Crippen LogP) is 11.4. The molecule has 0 spiro atoms. The molecule has 31 heavy (non-hydrogen) atoms. The van der Waals surface area contributed by atoms with Gasteiger partial charge in [0.05, 0.1) is 0 Å². The molecule has 0 atom stereocenters. The van der Waals surface area contributed by atoms with E-state index in [1.807, 2.05) is 0 Å². The maximum atomic E-state index is 2.44. The van der Waals surface area contributed by atoms with Crippen molar-refractivity contribution in [3.63, 3.8) is 0 Å². The van der Waals surface area contributed by atoms with Gasteiger partial charge < -0.3 is 0 Å². The van der Waals surface area contributed by atoms with Gasteiger partial charge >= 0.3 is 155 Å². The zero-order valence-electron chi connectivity index (χ0n) is 22.9. The molecule has 0 bridgehead atoms. The van der Waals surface area contributed by atoms with Crippen LogP contribution in [-0.2, 0) is 0 Å². The summed E-state index contributed by atoms with van der Waals surface area (Å²) in [6.07, 6.45) is 39.1. The van der Waals surface area contributed by atoms with Gasteiger partial charge in [-0.3, -0.25) is 0 Å². The summed E-state index contributed by atoms with van der Waals surface area (Å²) in [4.78, 5) is 0. The van der Waals surface area contributed by atoms with Crippen molar-refractivity contribution in [1.29, 1.82) is 0 Å². The average Bonchev–Trinajstić information content (AvgIpc) is 2.78. The molecule has 0 aromatic carbocycles. The Hall–Kier alpha value is 0.430. The van der Waals surface area contributed by atoms with Gasteiger partial charge in [0.25, 0.3) is 0 Å². The van der Waals surface area contributed by atoms with E-state index in [0.29, 0.717) is 0 Å². The number of hydrogen-bond donors (Lipinski definition) is 0. The molecule has 0 nitrogen and oxygen atoms in total. The van der Waals surface area contributed by atoms with Crippen molar-refractivity contribution < 1.29 is 0 Å². The summed E-state index contributed by atoms with van der Waals surface area (Å²) in [7, 11) is -0.946. The SMILES string of the molecule is CCCCCCCCCCCCCCCCCCC[PH](CCC)(CCCC)CCCC. The van der Waals surface area contributed by atoms with Crippen molar-refractivity contribution in [2.45, 2.75) is 169 Å². The van der Waals surface area contributed by atoms with Crippen LogP contribution in [0.3, 0.4) is 0 Å². The summed E-state index contributed by atoms with van der Waals surface area (Å²) in [5.74, 6) is 0. The van der Waals surface area contributed by atoms with E-state index < -0.39 is 7.26 Å². The van der Waals surface area contributed by atoms with Crippen LogP contribution in [0.2, 0.25) is 0 Å². The Balaban J connectivity index is 3.58. The van der Waals surface area contributed by atoms with E-state index in [1.165, 1.54) is 135 Å². The van der Waals surface area contributed by atoms with Crippen molar-refractivity contribution in [3.8, 4) is 0 Å². The molecule has 1 heteroatoms. The molecular formula is C30H65P. The second-order valence-electron chi connectivity index (χ2n) is 10.9. The van der Waals surface area contributed by atoms with Crippen LogP contribution in [0.1, 0.15) is 169 Å². The van der Waals surface area contributed by atoms with Crippen LogP contribution in [0.15, 0.2) is 0 Å². The molecular weight excluding hydrogens is 391 g/mol. The number of unbranched alkanes of at least 4 members (excludes halogenated alkanes) is 18. The standard InChI is InChI=1S/C30H65P/c1-5-9-12-13-14-15-16-17-18-19-20-21-22-23-24-25-26-30-31(27-8-4,28-10-6-2)29-11-7-3/h31H,5-30H2,1-4H3. The molecule has 0 saturated carbocycles. The van der Waals surface area contributed by atoms with Gasteiger partial charge in [0, 0.05) is 0 Å². The van der Waals surface area contributed by atoms with Gasteiger partial charge in [-0.15, -0.1) is 0 Å². The molecule has 0 fully saturated rings. The fraction of sp³-hybridized carbons (Fsp3) is 1.00. The zero-order valence-corrected chi connectivity index (χ0v) is 23.9. The van der Waals surface area contributed by atoms with Crippen LogP contribution in [0.25, 0.3) is 0 Å². The first-order valence-electron chi connectivity index (χ1n) is 15.2. The summed E-state index contributed by atoms with van der Waals surface area (Å²) in [5.41, 5.74) is 0. The molecule has 0 unspecified atom stereocenters. The van der Waals surface area contributed by atoms with Gasteiger partial charge in [0.2, 0.25) is 0 Å². The summed E-state index contributed by atoms with van der Waals surface area (Å²) < 4.78 is 0. The van der Waals surface area contributed by atoms with Gasteiger partial charge in [-0.1, -0.05) is 45.4 Å². The summed E-state index contributed by atoms with van der Waals surface area (Å²) in [6, 6.07) is 0. The minimum atomic E-state index is -0.946. The van der Waals surface area contributed by atoms with Gasteiger partial charge in [-0.2, -0.15) is 0 Å². The summed E-state index contributed by atoms with van der Waals surface area (Å²) in [6.45, 7) is 9.53. The summed E-state index contributed by atoms with van der Waals surface area (Å²) >= 11 is 0.